The van der Waals surface area contributed by atoms with Crippen LogP contribution in [0.4, 0.5) is 11.4 Å². The van der Waals surface area contributed by atoms with Crippen molar-refractivity contribution in [2.45, 2.75) is 0 Å². The summed E-state index contributed by atoms with van der Waals surface area (Å²) in [5.74, 6) is 5.80. The molecule has 2 rings (SSSR count). The number of carbonyl (C=O) groups excluding carboxylic acids is 1. The number of methoxy groups -OCH3 is 1. The Balaban J connectivity index is 2.16. The number of hydrazine groups is 1. The van der Waals surface area contributed by atoms with E-state index in [0.717, 1.165) is 5.75 Å². The molecule has 0 aliphatic heterocycles. The summed E-state index contributed by atoms with van der Waals surface area (Å²) in [6.07, 6.45) is 3.02. The minimum absolute atomic E-state index is 0.263. The highest BCUT2D eigenvalue weighted by molar-refractivity contribution is 6.07. The number of nitrogen functional groups attached to an aromatic ring is 1. The van der Waals surface area contributed by atoms with Crippen LogP contribution in [0.2, 0.25) is 0 Å². The molecule has 1 heterocycles. The van der Waals surface area contributed by atoms with Crippen molar-refractivity contribution in [1.82, 2.24) is 4.98 Å². The van der Waals surface area contributed by atoms with Gasteiger partial charge in [0.05, 0.1) is 24.6 Å². The highest BCUT2D eigenvalue weighted by Gasteiger charge is 2.10. The Hall–Kier alpha value is -2.60. The largest absolute Gasteiger partial charge is 0.497 e. The number of aromatic nitrogens is 1. The minimum atomic E-state index is -0.263. The van der Waals surface area contributed by atoms with E-state index < -0.39 is 0 Å². The van der Waals surface area contributed by atoms with Crippen LogP contribution in [-0.2, 0) is 0 Å². The molecule has 6 nitrogen and oxygen atoms in total. The van der Waals surface area contributed by atoms with Crippen molar-refractivity contribution in [2.24, 2.45) is 5.84 Å². The number of nitrogens with two attached hydrogens (primary N) is 1. The van der Waals surface area contributed by atoms with Gasteiger partial charge in [0.25, 0.3) is 5.91 Å². The molecule has 0 saturated carbocycles. The van der Waals surface area contributed by atoms with Gasteiger partial charge in [0.2, 0.25) is 0 Å². The number of hydrogen-bond acceptors (Lipinski definition) is 5. The second kappa shape index (κ2) is 5.83. The van der Waals surface area contributed by atoms with Crippen LogP contribution in [0.25, 0.3) is 0 Å². The molecule has 2 aromatic rings. The molecule has 0 fully saturated rings. The van der Waals surface area contributed by atoms with Crippen molar-refractivity contribution < 1.29 is 9.53 Å². The summed E-state index contributed by atoms with van der Waals surface area (Å²) in [5.41, 5.74) is 4.00. The summed E-state index contributed by atoms with van der Waals surface area (Å²) in [4.78, 5) is 16.0. The molecule has 19 heavy (non-hydrogen) atoms. The molecule has 0 aliphatic carbocycles. The molecule has 0 atom stereocenters. The van der Waals surface area contributed by atoms with Crippen LogP contribution in [0.5, 0.6) is 5.75 Å². The van der Waals surface area contributed by atoms with E-state index in [4.69, 9.17) is 10.6 Å². The molecular formula is C13H14N4O2. The number of benzene rings is 1. The first-order valence-electron chi connectivity index (χ1n) is 5.60. The summed E-state index contributed by atoms with van der Waals surface area (Å²) in [6, 6.07) is 8.64. The van der Waals surface area contributed by atoms with E-state index in [0.29, 0.717) is 16.9 Å². The van der Waals surface area contributed by atoms with Gasteiger partial charge in [-0.3, -0.25) is 15.6 Å². The first-order valence-corrected chi connectivity index (χ1v) is 5.60. The van der Waals surface area contributed by atoms with Crippen LogP contribution >= 0.6 is 0 Å². The second-order valence-corrected chi connectivity index (χ2v) is 3.75. The fraction of sp³-hybridized carbons (Fsp3) is 0.0769. The summed E-state index contributed by atoms with van der Waals surface area (Å²) < 4.78 is 5.05. The maximum absolute atomic E-state index is 12.1. The Labute approximate surface area is 110 Å². The predicted octanol–water partition coefficient (Wildman–Crippen LogP) is 1.63. The van der Waals surface area contributed by atoms with Crippen LogP contribution in [0.1, 0.15) is 10.4 Å². The van der Waals surface area contributed by atoms with E-state index in [1.165, 1.54) is 12.4 Å². The molecule has 0 spiro atoms. The number of rotatable bonds is 4. The predicted molar refractivity (Wildman–Crippen MR) is 73.0 cm³/mol. The molecular weight excluding hydrogens is 244 g/mol. The topological polar surface area (TPSA) is 89.3 Å². The second-order valence-electron chi connectivity index (χ2n) is 3.75. The van der Waals surface area contributed by atoms with E-state index >= 15 is 0 Å². The Bertz CT molecular complexity index is 569. The van der Waals surface area contributed by atoms with Crippen molar-refractivity contribution in [3.05, 3.63) is 48.3 Å². The zero-order valence-corrected chi connectivity index (χ0v) is 10.4. The standard InChI is InChI=1S/C13H14N4O2/c1-19-10-4-2-9(3-5-10)16-13(18)11-6-7-15-8-12(11)17-14/h2-8,17H,14H2,1H3,(H,16,18). The number of anilines is 2. The minimum Gasteiger partial charge on any atom is -0.497 e. The summed E-state index contributed by atoms with van der Waals surface area (Å²) >= 11 is 0. The SMILES string of the molecule is COc1ccc(NC(=O)c2ccncc2NN)cc1. The maximum atomic E-state index is 12.1. The van der Waals surface area contributed by atoms with Crippen LogP contribution in [0.15, 0.2) is 42.7 Å². The highest BCUT2D eigenvalue weighted by Crippen LogP contribution is 2.18. The van der Waals surface area contributed by atoms with Crippen LogP contribution in [0, 0.1) is 0 Å². The van der Waals surface area contributed by atoms with Gasteiger partial charge in [-0.2, -0.15) is 0 Å². The number of ether oxygens (including phenoxy) is 1. The van der Waals surface area contributed by atoms with Crippen molar-refractivity contribution in [2.75, 3.05) is 17.9 Å². The van der Waals surface area contributed by atoms with Crippen molar-refractivity contribution in [1.29, 1.82) is 0 Å². The normalized spacial score (nSPS) is 9.79. The molecule has 1 amide bonds. The number of nitrogens with zero attached hydrogens (tertiary/aromatic N) is 1. The van der Waals surface area contributed by atoms with Gasteiger partial charge in [-0.05, 0) is 30.3 Å². The van der Waals surface area contributed by atoms with Crippen molar-refractivity contribution in [3.8, 4) is 5.75 Å². The third-order valence-electron chi connectivity index (χ3n) is 2.57. The van der Waals surface area contributed by atoms with E-state index in [1.54, 1.807) is 37.4 Å². The van der Waals surface area contributed by atoms with Crippen LogP contribution in [-0.4, -0.2) is 18.0 Å². The molecule has 0 radical (unpaired) electrons. The van der Waals surface area contributed by atoms with E-state index in [9.17, 15) is 4.79 Å². The fourth-order valence-electron chi connectivity index (χ4n) is 1.58. The van der Waals surface area contributed by atoms with Gasteiger partial charge in [-0.15, -0.1) is 0 Å². The summed E-state index contributed by atoms with van der Waals surface area (Å²) in [6.45, 7) is 0. The quantitative estimate of drug-likeness (QED) is 0.573. The molecule has 0 aliphatic rings. The molecule has 1 aromatic carbocycles. The first kappa shape index (κ1) is 12.8. The Kier molecular flexibility index (Phi) is 3.94. The molecule has 1 aromatic heterocycles. The lowest BCUT2D eigenvalue weighted by Crippen LogP contribution is -2.17. The number of amides is 1. The van der Waals surface area contributed by atoms with E-state index in [1.807, 2.05) is 0 Å². The monoisotopic (exact) mass is 258 g/mol. The number of hydrogen-bond donors (Lipinski definition) is 3. The van der Waals surface area contributed by atoms with Gasteiger partial charge in [0, 0.05) is 11.9 Å². The van der Waals surface area contributed by atoms with Crippen LogP contribution in [0.3, 0.4) is 0 Å². The van der Waals surface area contributed by atoms with Gasteiger partial charge < -0.3 is 15.5 Å². The number of carbonyl (C=O) groups is 1. The van der Waals surface area contributed by atoms with E-state index in [2.05, 4.69) is 15.7 Å². The van der Waals surface area contributed by atoms with Gasteiger partial charge in [-0.1, -0.05) is 0 Å². The average molecular weight is 258 g/mol. The first-order chi connectivity index (χ1) is 9.24. The lowest BCUT2D eigenvalue weighted by atomic mass is 10.2. The van der Waals surface area contributed by atoms with Crippen LogP contribution < -0.4 is 21.3 Å². The molecule has 4 N–H and O–H groups in total. The molecule has 98 valence electrons. The Morgan fingerprint density at radius 2 is 2.00 bits per heavy atom. The van der Waals surface area contributed by atoms with Gasteiger partial charge in [-0.25, -0.2) is 0 Å². The third-order valence-corrected chi connectivity index (χ3v) is 2.57. The Morgan fingerprint density at radius 3 is 2.63 bits per heavy atom. The van der Waals surface area contributed by atoms with Crippen molar-refractivity contribution >= 4 is 17.3 Å². The highest BCUT2D eigenvalue weighted by atomic mass is 16.5. The van der Waals surface area contributed by atoms with Crippen molar-refractivity contribution in [3.63, 3.8) is 0 Å². The zero-order chi connectivity index (χ0) is 13.7. The number of nitrogens with one attached hydrogen (secondary N) is 2. The molecule has 0 bridgehead atoms. The Morgan fingerprint density at radius 1 is 1.26 bits per heavy atom. The average Bonchev–Trinajstić information content (AvgIpc) is 2.48. The van der Waals surface area contributed by atoms with E-state index in [-0.39, 0.29) is 5.91 Å². The summed E-state index contributed by atoms with van der Waals surface area (Å²) in [5, 5.41) is 2.77. The van der Waals surface area contributed by atoms with Gasteiger partial charge in [0.15, 0.2) is 0 Å². The van der Waals surface area contributed by atoms with Gasteiger partial charge in [0.1, 0.15) is 5.75 Å². The molecule has 0 unspecified atom stereocenters. The maximum Gasteiger partial charge on any atom is 0.257 e. The zero-order valence-electron chi connectivity index (χ0n) is 10.4. The third kappa shape index (κ3) is 2.99. The molecule has 0 saturated heterocycles. The fourth-order valence-corrected chi connectivity index (χ4v) is 1.58. The van der Waals surface area contributed by atoms with Gasteiger partial charge >= 0.3 is 0 Å². The summed E-state index contributed by atoms with van der Waals surface area (Å²) in [7, 11) is 1.59. The number of pyridine rings is 1. The lowest BCUT2D eigenvalue weighted by molar-refractivity contribution is 0.102. The smallest absolute Gasteiger partial charge is 0.257 e. The molecule has 6 heteroatoms. The lowest BCUT2D eigenvalue weighted by Gasteiger charge is -2.09.